The van der Waals surface area contributed by atoms with Gasteiger partial charge in [-0.25, -0.2) is 4.79 Å². The highest BCUT2D eigenvalue weighted by Gasteiger charge is 2.52. The monoisotopic (exact) mass is 300 g/mol. The maximum atomic E-state index is 11.8. The van der Waals surface area contributed by atoms with Crippen LogP contribution in [0, 0.1) is 17.8 Å². The third-order valence-corrected chi connectivity index (χ3v) is 6.23. The van der Waals surface area contributed by atoms with E-state index < -0.39 is 0 Å². The van der Waals surface area contributed by atoms with Crippen LogP contribution in [0.25, 0.3) is 0 Å². The largest absolute Gasteiger partial charge is 0.496 e. The standard InChI is InChI=1S/C19H24O3/c1-21-17-8-15(18(20)22-2)3-4-16(17)19-9-12-5-13(10-19)7-14(6-12)11-19/h3-4,8,12-14H,5-7,9-11H2,1-2H3. The third kappa shape index (κ3) is 2.05. The van der Waals surface area contributed by atoms with Gasteiger partial charge in [-0.2, -0.15) is 0 Å². The van der Waals surface area contributed by atoms with Crippen molar-refractivity contribution in [3.63, 3.8) is 0 Å². The first-order chi connectivity index (χ1) is 10.6. The molecule has 4 aliphatic carbocycles. The van der Waals surface area contributed by atoms with Gasteiger partial charge >= 0.3 is 5.97 Å². The van der Waals surface area contributed by atoms with Crippen molar-refractivity contribution in [2.24, 2.45) is 17.8 Å². The average molecular weight is 300 g/mol. The van der Waals surface area contributed by atoms with E-state index in [1.165, 1.54) is 51.2 Å². The average Bonchev–Trinajstić information content (AvgIpc) is 2.52. The summed E-state index contributed by atoms with van der Waals surface area (Å²) in [6, 6.07) is 5.89. The van der Waals surface area contributed by atoms with Gasteiger partial charge in [-0.1, -0.05) is 6.07 Å². The Labute approximate surface area is 132 Å². The van der Waals surface area contributed by atoms with Crippen LogP contribution in [-0.2, 0) is 10.2 Å². The van der Waals surface area contributed by atoms with Crippen molar-refractivity contribution < 1.29 is 14.3 Å². The normalized spacial score (nSPS) is 35.5. The van der Waals surface area contributed by atoms with Gasteiger partial charge in [-0.3, -0.25) is 0 Å². The summed E-state index contributed by atoms with van der Waals surface area (Å²) in [6.45, 7) is 0. The molecule has 0 aromatic heterocycles. The summed E-state index contributed by atoms with van der Waals surface area (Å²) in [7, 11) is 3.13. The Kier molecular flexibility index (Phi) is 3.21. The number of esters is 1. The van der Waals surface area contributed by atoms with Crippen LogP contribution in [0.3, 0.4) is 0 Å². The van der Waals surface area contributed by atoms with Crippen LogP contribution in [0.15, 0.2) is 18.2 Å². The van der Waals surface area contributed by atoms with E-state index in [4.69, 9.17) is 9.47 Å². The van der Waals surface area contributed by atoms with E-state index in [0.29, 0.717) is 5.56 Å². The molecule has 0 atom stereocenters. The molecule has 4 fully saturated rings. The molecule has 5 rings (SSSR count). The molecule has 0 aliphatic heterocycles. The Hall–Kier alpha value is -1.51. The van der Waals surface area contributed by atoms with Crippen molar-refractivity contribution in [2.45, 2.75) is 43.9 Å². The van der Waals surface area contributed by atoms with Gasteiger partial charge in [0.1, 0.15) is 5.75 Å². The lowest BCUT2D eigenvalue weighted by molar-refractivity contribution is -0.00618. The molecule has 0 amide bonds. The first-order valence-corrected chi connectivity index (χ1v) is 8.40. The maximum absolute atomic E-state index is 11.8. The van der Waals surface area contributed by atoms with Crippen LogP contribution in [-0.4, -0.2) is 20.2 Å². The molecule has 4 aliphatic rings. The second-order valence-corrected chi connectivity index (χ2v) is 7.60. The van der Waals surface area contributed by atoms with E-state index in [9.17, 15) is 4.79 Å². The summed E-state index contributed by atoms with van der Waals surface area (Å²) in [6.07, 6.45) is 8.19. The Morgan fingerprint density at radius 1 is 1.05 bits per heavy atom. The summed E-state index contributed by atoms with van der Waals surface area (Å²) >= 11 is 0. The van der Waals surface area contributed by atoms with Gasteiger partial charge in [0.05, 0.1) is 19.8 Å². The minimum Gasteiger partial charge on any atom is -0.496 e. The Morgan fingerprint density at radius 3 is 2.14 bits per heavy atom. The van der Waals surface area contributed by atoms with Crippen LogP contribution in [0.5, 0.6) is 5.75 Å². The van der Waals surface area contributed by atoms with Crippen molar-refractivity contribution >= 4 is 5.97 Å². The fourth-order valence-electron chi connectivity index (χ4n) is 5.81. The van der Waals surface area contributed by atoms with Crippen molar-refractivity contribution in [1.82, 2.24) is 0 Å². The first-order valence-electron chi connectivity index (χ1n) is 8.40. The quantitative estimate of drug-likeness (QED) is 0.793. The van der Waals surface area contributed by atoms with Crippen LogP contribution in [0.4, 0.5) is 0 Å². The molecule has 0 saturated heterocycles. The van der Waals surface area contributed by atoms with Gasteiger partial charge in [0.15, 0.2) is 0 Å². The molecular formula is C19H24O3. The Balaban J connectivity index is 1.74. The zero-order valence-corrected chi connectivity index (χ0v) is 13.4. The van der Waals surface area contributed by atoms with E-state index in [1.54, 1.807) is 7.11 Å². The number of hydrogen-bond acceptors (Lipinski definition) is 3. The molecule has 118 valence electrons. The van der Waals surface area contributed by atoms with Crippen molar-refractivity contribution in [1.29, 1.82) is 0 Å². The topological polar surface area (TPSA) is 35.5 Å². The highest BCUT2D eigenvalue weighted by Crippen LogP contribution is 2.61. The van der Waals surface area contributed by atoms with Crippen LogP contribution < -0.4 is 4.74 Å². The molecule has 22 heavy (non-hydrogen) atoms. The fourth-order valence-corrected chi connectivity index (χ4v) is 5.81. The molecule has 1 aromatic carbocycles. The molecule has 0 spiro atoms. The van der Waals surface area contributed by atoms with Gasteiger partial charge in [0, 0.05) is 5.56 Å². The second-order valence-electron chi connectivity index (χ2n) is 7.60. The van der Waals surface area contributed by atoms with E-state index in [2.05, 4.69) is 6.07 Å². The molecule has 4 bridgehead atoms. The molecule has 0 unspecified atom stereocenters. The molecule has 1 aromatic rings. The molecular weight excluding hydrogens is 276 g/mol. The summed E-state index contributed by atoms with van der Waals surface area (Å²) in [4.78, 5) is 11.8. The second kappa shape index (κ2) is 5.00. The van der Waals surface area contributed by atoms with E-state index in [-0.39, 0.29) is 11.4 Å². The maximum Gasteiger partial charge on any atom is 0.337 e. The fraction of sp³-hybridized carbons (Fsp3) is 0.632. The van der Waals surface area contributed by atoms with Crippen LogP contribution in [0.2, 0.25) is 0 Å². The summed E-state index contributed by atoms with van der Waals surface area (Å²) in [5.74, 6) is 3.27. The molecule has 0 radical (unpaired) electrons. The molecule has 0 N–H and O–H groups in total. The number of methoxy groups -OCH3 is 2. The van der Waals surface area contributed by atoms with Crippen LogP contribution in [0.1, 0.15) is 54.4 Å². The van der Waals surface area contributed by atoms with Gasteiger partial charge in [0.25, 0.3) is 0 Å². The lowest BCUT2D eigenvalue weighted by Crippen LogP contribution is -2.48. The summed E-state index contributed by atoms with van der Waals surface area (Å²) in [5, 5.41) is 0. The number of carbonyl (C=O) groups excluding carboxylic acids is 1. The van der Waals surface area contributed by atoms with Gasteiger partial charge in [-0.15, -0.1) is 0 Å². The number of benzene rings is 1. The molecule has 3 nitrogen and oxygen atoms in total. The third-order valence-electron chi connectivity index (χ3n) is 6.23. The molecule has 3 heteroatoms. The van der Waals surface area contributed by atoms with E-state index in [1.807, 2.05) is 12.1 Å². The van der Waals surface area contributed by atoms with Gasteiger partial charge in [0.2, 0.25) is 0 Å². The smallest absolute Gasteiger partial charge is 0.337 e. The molecule has 4 saturated carbocycles. The van der Waals surface area contributed by atoms with E-state index in [0.717, 1.165) is 23.5 Å². The molecule has 0 heterocycles. The lowest BCUT2D eigenvalue weighted by Gasteiger charge is -2.57. The summed E-state index contributed by atoms with van der Waals surface area (Å²) in [5.41, 5.74) is 2.18. The highest BCUT2D eigenvalue weighted by molar-refractivity contribution is 5.90. The predicted octanol–water partition coefficient (Wildman–Crippen LogP) is 3.95. The number of ether oxygens (including phenoxy) is 2. The highest BCUT2D eigenvalue weighted by atomic mass is 16.5. The SMILES string of the molecule is COC(=O)c1ccc(C23CC4CC(CC(C4)C2)C3)c(OC)c1. The van der Waals surface area contributed by atoms with Gasteiger partial charge < -0.3 is 9.47 Å². The Morgan fingerprint density at radius 2 is 1.64 bits per heavy atom. The number of rotatable bonds is 3. The predicted molar refractivity (Wildman–Crippen MR) is 84.2 cm³/mol. The van der Waals surface area contributed by atoms with Crippen molar-refractivity contribution in [3.05, 3.63) is 29.3 Å². The van der Waals surface area contributed by atoms with Gasteiger partial charge in [-0.05, 0) is 73.8 Å². The lowest BCUT2D eigenvalue weighted by atomic mass is 9.48. The zero-order chi connectivity index (χ0) is 15.3. The zero-order valence-electron chi connectivity index (χ0n) is 13.4. The minimum atomic E-state index is -0.296. The van der Waals surface area contributed by atoms with Crippen molar-refractivity contribution in [2.75, 3.05) is 14.2 Å². The van der Waals surface area contributed by atoms with Crippen LogP contribution >= 0.6 is 0 Å². The first kappa shape index (κ1) is 14.1. The number of hydrogen-bond donors (Lipinski definition) is 0. The summed E-state index contributed by atoms with van der Waals surface area (Å²) < 4.78 is 10.5. The van der Waals surface area contributed by atoms with E-state index >= 15 is 0 Å². The number of carbonyl (C=O) groups is 1. The van der Waals surface area contributed by atoms with Crippen molar-refractivity contribution in [3.8, 4) is 5.75 Å². The minimum absolute atomic E-state index is 0.286. The Bertz CT molecular complexity index is 569.